The first-order valence-electron chi connectivity index (χ1n) is 9.85. The number of amides is 1. The molecule has 1 heterocycles. The number of phenolic OH excluding ortho intramolecular Hbond substituents is 1. The van der Waals surface area contributed by atoms with Crippen molar-refractivity contribution in [3.05, 3.63) is 61.7 Å². The summed E-state index contributed by atoms with van der Waals surface area (Å²) < 4.78 is 0.772. The summed E-state index contributed by atoms with van der Waals surface area (Å²) >= 11 is 2.11. The SMILES string of the molecule is Cc1cc(O)c(I)c(C)c1C[C@@H](C(=O)N1Cc2ccccc2CC1C(=O)O)N(C)C. The standard InChI is InChI=1S/C23H27IN2O4/c1-13-9-20(27)21(24)14(2)17(13)11-18(25(3)4)22(28)26-12-16-8-6-5-7-15(16)10-19(26)23(29)30/h5-9,18-19,27H,10-12H2,1-4H3,(H,29,30)/t18-,19?/m0/s1. The van der Waals surface area contributed by atoms with E-state index < -0.39 is 18.1 Å². The van der Waals surface area contributed by atoms with Crippen LogP contribution in [0.4, 0.5) is 0 Å². The van der Waals surface area contributed by atoms with Crippen LogP contribution in [0.2, 0.25) is 0 Å². The second-order valence-corrected chi connectivity index (χ2v) is 9.19. The highest BCUT2D eigenvalue weighted by Gasteiger charge is 2.38. The molecule has 1 aliphatic heterocycles. The van der Waals surface area contributed by atoms with E-state index in [2.05, 4.69) is 22.6 Å². The molecule has 3 rings (SSSR count). The van der Waals surface area contributed by atoms with Crippen LogP contribution in [-0.2, 0) is 29.0 Å². The van der Waals surface area contributed by atoms with E-state index in [-0.39, 0.29) is 11.7 Å². The van der Waals surface area contributed by atoms with E-state index in [9.17, 15) is 19.8 Å². The van der Waals surface area contributed by atoms with Gasteiger partial charge in [0.25, 0.3) is 0 Å². The van der Waals surface area contributed by atoms with Crippen molar-refractivity contribution >= 4 is 34.5 Å². The van der Waals surface area contributed by atoms with Crippen molar-refractivity contribution < 1.29 is 19.8 Å². The minimum absolute atomic E-state index is 0.191. The van der Waals surface area contributed by atoms with Crippen LogP contribution in [0.3, 0.4) is 0 Å². The predicted octanol–water partition coefficient (Wildman–Crippen LogP) is 3.12. The number of benzene rings is 2. The van der Waals surface area contributed by atoms with Gasteiger partial charge < -0.3 is 15.1 Å². The van der Waals surface area contributed by atoms with E-state index in [1.807, 2.05) is 57.1 Å². The monoisotopic (exact) mass is 522 g/mol. The third-order valence-electron chi connectivity index (χ3n) is 5.96. The normalized spacial score (nSPS) is 17.0. The molecule has 2 aromatic rings. The van der Waals surface area contributed by atoms with Gasteiger partial charge in [-0.1, -0.05) is 24.3 Å². The van der Waals surface area contributed by atoms with Gasteiger partial charge in [0.15, 0.2) is 0 Å². The summed E-state index contributed by atoms with van der Waals surface area (Å²) in [7, 11) is 3.68. The number of nitrogens with zero attached hydrogens (tertiary/aromatic N) is 2. The van der Waals surface area contributed by atoms with Crippen molar-refractivity contribution in [2.45, 2.75) is 45.3 Å². The highest BCUT2D eigenvalue weighted by atomic mass is 127. The molecule has 1 unspecified atom stereocenters. The first kappa shape index (κ1) is 22.6. The highest BCUT2D eigenvalue weighted by molar-refractivity contribution is 14.1. The van der Waals surface area contributed by atoms with Gasteiger partial charge >= 0.3 is 5.97 Å². The Bertz CT molecular complexity index is 989. The fraction of sp³-hybridized carbons (Fsp3) is 0.391. The molecule has 2 aromatic carbocycles. The zero-order chi connectivity index (χ0) is 22.2. The quantitative estimate of drug-likeness (QED) is 0.591. The smallest absolute Gasteiger partial charge is 0.326 e. The van der Waals surface area contributed by atoms with Gasteiger partial charge in [-0.2, -0.15) is 0 Å². The predicted molar refractivity (Wildman–Crippen MR) is 124 cm³/mol. The molecule has 0 aromatic heterocycles. The van der Waals surface area contributed by atoms with Crippen LogP contribution in [0.25, 0.3) is 0 Å². The third-order valence-corrected chi connectivity index (χ3v) is 7.32. The van der Waals surface area contributed by atoms with Crippen LogP contribution in [0.1, 0.15) is 27.8 Å². The molecular weight excluding hydrogens is 495 g/mol. The van der Waals surface area contributed by atoms with Crippen molar-refractivity contribution in [2.24, 2.45) is 0 Å². The molecule has 1 amide bonds. The first-order chi connectivity index (χ1) is 14.1. The lowest BCUT2D eigenvalue weighted by atomic mass is 9.91. The molecule has 0 aliphatic carbocycles. The molecule has 0 saturated heterocycles. The molecule has 0 spiro atoms. The molecular formula is C23H27IN2O4. The number of aliphatic carboxylic acids is 1. The van der Waals surface area contributed by atoms with Gasteiger partial charge in [-0.15, -0.1) is 0 Å². The number of aryl methyl sites for hydroxylation is 1. The molecule has 0 fully saturated rings. The number of aromatic hydroxyl groups is 1. The Morgan fingerprint density at radius 3 is 2.47 bits per heavy atom. The summed E-state index contributed by atoms with van der Waals surface area (Å²) in [4.78, 5) is 28.9. The summed E-state index contributed by atoms with van der Waals surface area (Å²) in [5.74, 6) is -0.939. The number of likely N-dealkylation sites (N-methyl/N-ethyl adjacent to an activating group) is 1. The van der Waals surface area contributed by atoms with Crippen molar-refractivity contribution in [1.29, 1.82) is 0 Å². The number of hydrogen-bond donors (Lipinski definition) is 2. The van der Waals surface area contributed by atoms with E-state index in [1.165, 1.54) is 4.90 Å². The fourth-order valence-corrected chi connectivity index (χ4v) is 4.62. The summed E-state index contributed by atoms with van der Waals surface area (Å²) in [6.07, 6.45) is 0.761. The first-order valence-corrected chi connectivity index (χ1v) is 10.9. The lowest BCUT2D eigenvalue weighted by molar-refractivity contribution is -0.153. The number of carboxylic acid groups (broad SMARTS) is 1. The van der Waals surface area contributed by atoms with Gasteiger partial charge in [0.2, 0.25) is 5.91 Å². The summed E-state index contributed by atoms with van der Waals surface area (Å²) in [5, 5.41) is 19.9. The molecule has 30 heavy (non-hydrogen) atoms. The van der Waals surface area contributed by atoms with Gasteiger partial charge in [-0.05, 0) is 90.8 Å². The fourth-order valence-electron chi connectivity index (χ4n) is 4.14. The number of phenols is 1. The average molecular weight is 522 g/mol. The van der Waals surface area contributed by atoms with E-state index in [0.717, 1.165) is 31.4 Å². The van der Waals surface area contributed by atoms with Gasteiger partial charge in [0.05, 0.1) is 9.61 Å². The van der Waals surface area contributed by atoms with Crippen molar-refractivity contribution in [2.75, 3.05) is 14.1 Å². The maximum Gasteiger partial charge on any atom is 0.326 e. The second-order valence-electron chi connectivity index (χ2n) is 8.11. The molecule has 7 heteroatoms. The zero-order valence-corrected chi connectivity index (χ0v) is 19.8. The Kier molecular flexibility index (Phi) is 6.71. The number of carbonyl (C=O) groups excluding carboxylic acids is 1. The highest BCUT2D eigenvalue weighted by Crippen LogP contribution is 2.31. The Balaban J connectivity index is 1.96. The van der Waals surface area contributed by atoms with E-state index >= 15 is 0 Å². The Morgan fingerprint density at radius 2 is 1.87 bits per heavy atom. The van der Waals surface area contributed by atoms with E-state index in [0.29, 0.717) is 19.4 Å². The Labute approximate surface area is 190 Å². The van der Waals surface area contributed by atoms with Crippen LogP contribution in [-0.4, -0.2) is 58.1 Å². The minimum atomic E-state index is -0.984. The summed E-state index contributed by atoms with van der Waals surface area (Å²) in [6, 6.07) is 8.04. The van der Waals surface area contributed by atoms with Crippen molar-refractivity contribution in [3.8, 4) is 5.75 Å². The number of carboxylic acids is 1. The average Bonchev–Trinajstić information content (AvgIpc) is 2.70. The molecule has 2 N–H and O–H groups in total. The maximum atomic E-state index is 13.6. The number of rotatable bonds is 5. The number of carbonyl (C=O) groups is 2. The van der Waals surface area contributed by atoms with E-state index in [4.69, 9.17) is 0 Å². The number of hydrogen-bond acceptors (Lipinski definition) is 4. The third kappa shape index (κ3) is 4.32. The lowest BCUT2D eigenvalue weighted by Crippen LogP contribution is -2.55. The molecule has 0 saturated carbocycles. The van der Waals surface area contributed by atoms with Gasteiger partial charge in [-0.25, -0.2) is 4.79 Å². The maximum absolute atomic E-state index is 13.6. The van der Waals surface area contributed by atoms with Gasteiger partial charge in [0, 0.05) is 13.0 Å². The second kappa shape index (κ2) is 8.93. The van der Waals surface area contributed by atoms with Gasteiger partial charge in [0.1, 0.15) is 11.8 Å². The Hall–Kier alpha value is -2.13. The molecule has 0 bridgehead atoms. The summed E-state index contributed by atoms with van der Waals surface area (Å²) in [6.45, 7) is 4.16. The Morgan fingerprint density at radius 1 is 1.23 bits per heavy atom. The number of halogens is 1. The van der Waals surface area contributed by atoms with Crippen LogP contribution in [0, 0.1) is 17.4 Å². The molecule has 1 aliphatic rings. The largest absolute Gasteiger partial charge is 0.507 e. The van der Waals surface area contributed by atoms with Crippen molar-refractivity contribution in [3.63, 3.8) is 0 Å². The van der Waals surface area contributed by atoms with Gasteiger partial charge in [-0.3, -0.25) is 9.69 Å². The lowest BCUT2D eigenvalue weighted by Gasteiger charge is -2.38. The van der Waals surface area contributed by atoms with Crippen LogP contribution < -0.4 is 0 Å². The van der Waals surface area contributed by atoms with Crippen LogP contribution in [0.15, 0.2) is 30.3 Å². The molecule has 0 radical (unpaired) electrons. The summed E-state index contributed by atoms with van der Waals surface area (Å²) in [5.41, 5.74) is 4.85. The molecule has 6 nitrogen and oxygen atoms in total. The van der Waals surface area contributed by atoms with Crippen LogP contribution in [0.5, 0.6) is 5.75 Å². The molecule has 160 valence electrons. The minimum Gasteiger partial charge on any atom is -0.507 e. The van der Waals surface area contributed by atoms with Crippen molar-refractivity contribution in [1.82, 2.24) is 9.80 Å². The molecule has 2 atom stereocenters. The van der Waals surface area contributed by atoms with Crippen LogP contribution >= 0.6 is 22.6 Å². The topological polar surface area (TPSA) is 81.1 Å². The zero-order valence-electron chi connectivity index (χ0n) is 17.6. The van der Waals surface area contributed by atoms with E-state index in [1.54, 1.807) is 6.07 Å². The number of fused-ring (bicyclic) bond motifs is 1.